The van der Waals surface area contributed by atoms with Gasteiger partial charge in [-0.2, -0.15) is 0 Å². The molecule has 1 aliphatic carbocycles. The molecule has 2 amide bonds. The SMILES string of the molecule is CCNC(=O)c1sc(N)c(C(=O)NC2CC2)c1C. The number of nitrogens with two attached hydrogens (primary N) is 1. The first-order valence-electron chi connectivity index (χ1n) is 6.02. The summed E-state index contributed by atoms with van der Waals surface area (Å²) in [6.45, 7) is 4.17. The Morgan fingerprint density at radius 1 is 1.39 bits per heavy atom. The monoisotopic (exact) mass is 267 g/mol. The van der Waals surface area contributed by atoms with Crippen molar-refractivity contribution in [1.82, 2.24) is 10.6 Å². The summed E-state index contributed by atoms with van der Waals surface area (Å²) in [6, 6.07) is 0.282. The Morgan fingerprint density at radius 2 is 2.06 bits per heavy atom. The topological polar surface area (TPSA) is 84.2 Å². The summed E-state index contributed by atoms with van der Waals surface area (Å²) < 4.78 is 0. The van der Waals surface area contributed by atoms with Crippen LogP contribution >= 0.6 is 11.3 Å². The molecule has 0 aliphatic heterocycles. The van der Waals surface area contributed by atoms with Crippen molar-refractivity contribution in [2.24, 2.45) is 0 Å². The second-order valence-corrected chi connectivity index (χ2v) is 5.45. The lowest BCUT2D eigenvalue weighted by Gasteiger charge is -2.04. The van der Waals surface area contributed by atoms with Gasteiger partial charge >= 0.3 is 0 Å². The highest BCUT2D eigenvalue weighted by atomic mass is 32.1. The molecule has 1 fully saturated rings. The highest BCUT2D eigenvalue weighted by Gasteiger charge is 2.28. The Hall–Kier alpha value is -1.56. The van der Waals surface area contributed by atoms with Gasteiger partial charge in [-0.15, -0.1) is 11.3 Å². The van der Waals surface area contributed by atoms with Crippen molar-refractivity contribution >= 4 is 28.2 Å². The van der Waals surface area contributed by atoms with Crippen LogP contribution in [-0.4, -0.2) is 24.4 Å². The maximum absolute atomic E-state index is 12.0. The van der Waals surface area contributed by atoms with Gasteiger partial charge in [0.05, 0.1) is 15.4 Å². The van der Waals surface area contributed by atoms with Crippen molar-refractivity contribution in [3.05, 3.63) is 16.0 Å². The Morgan fingerprint density at radius 3 is 2.61 bits per heavy atom. The Bertz CT molecular complexity index is 492. The average Bonchev–Trinajstić information content (AvgIpc) is 3.04. The van der Waals surface area contributed by atoms with Crippen molar-refractivity contribution in [2.75, 3.05) is 12.3 Å². The molecule has 0 atom stereocenters. The predicted molar refractivity (Wildman–Crippen MR) is 72.0 cm³/mol. The molecule has 1 aliphatic rings. The molecule has 0 radical (unpaired) electrons. The molecule has 2 rings (SSSR count). The number of nitrogens with one attached hydrogen (secondary N) is 2. The molecule has 6 heteroatoms. The maximum atomic E-state index is 12.0. The van der Waals surface area contributed by atoms with Gasteiger partial charge in [-0.1, -0.05) is 0 Å². The molecule has 4 N–H and O–H groups in total. The van der Waals surface area contributed by atoms with Crippen LogP contribution in [0.1, 0.15) is 45.4 Å². The first-order valence-corrected chi connectivity index (χ1v) is 6.84. The number of carbonyl (C=O) groups excluding carboxylic acids is 2. The molecule has 0 unspecified atom stereocenters. The van der Waals surface area contributed by atoms with Crippen molar-refractivity contribution in [3.63, 3.8) is 0 Å². The van der Waals surface area contributed by atoms with Crippen LogP contribution in [0.15, 0.2) is 0 Å². The summed E-state index contributed by atoms with van der Waals surface area (Å²) in [5, 5.41) is 6.02. The molecular formula is C12H17N3O2S. The van der Waals surface area contributed by atoms with E-state index in [0.29, 0.717) is 27.5 Å². The van der Waals surface area contributed by atoms with E-state index in [9.17, 15) is 9.59 Å². The number of amides is 2. The molecule has 1 saturated carbocycles. The van der Waals surface area contributed by atoms with Crippen LogP contribution < -0.4 is 16.4 Å². The normalized spacial score (nSPS) is 14.3. The molecule has 98 valence electrons. The third-order valence-corrected chi connectivity index (χ3v) is 3.98. The standard InChI is InChI=1S/C12H17N3O2S/c1-3-14-12(17)9-6(2)8(10(13)18-9)11(16)15-7-4-5-7/h7H,3-5,13H2,1-2H3,(H,14,17)(H,15,16). The summed E-state index contributed by atoms with van der Waals surface area (Å²) in [5.74, 6) is -0.337. The van der Waals surface area contributed by atoms with Gasteiger partial charge in [0.15, 0.2) is 0 Å². The van der Waals surface area contributed by atoms with Crippen LogP contribution in [-0.2, 0) is 0 Å². The van der Waals surface area contributed by atoms with Crippen molar-refractivity contribution in [2.45, 2.75) is 32.7 Å². The van der Waals surface area contributed by atoms with Crippen molar-refractivity contribution in [3.8, 4) is 0 Å². The average molecular weight is 267 g/mol. The van der Waals surface area contributed by atoms with Crippen LogP contribution in [0.2, 0.25) is 0 Å². The number of anilines is 1. The van der Waals surface area contributed by atoms with Gasteiger partial charge in [0.2, 0.25) is 0 Å². The van der Waals surface area contributed by atoms with E-state index in [1.807, 2.05) is 6.92 Å². The first-order chi connectivity index (χ1) is 8.54. The maximum Gasteiger partial charge on any atom is 0.261 e. The third kappa shape index (κ3) is 2.48. The largest absolute Gasteiger partial charge is 0.390 e. The Labute approximate surface area is 110 Å². The zero-order chi connectivity index (χ0) is 13.3. The van der Waals surface area contributed by atoms with E-state index in [1.54, 1.807) is 6.92 Å². The Balaban J connectivity index is 2.24. The number of rotatable bonds is 4. The third-order valence-electron chi connectivity index (χ3n) is 2.86. The molecule has 0 bridgehead atoms. The van der Waals surface area contributed by atoms with Crippen LogP contribution in [0.3, 0.4) is 0 Å². The number of carbonyl (C=O) groups is 2. The van der Waals surface area contributed by atoms with E-state index < -0.39 is 0 Å². The fourth-order valence-electron chi connectivity index (χ4n) is 1.76. The van der Waals surface area contributed by atoms with Crippen LogP contribution in [0.5, 0.6) is 0 Å². The van der Waals surface area contributed by atoms with Crippen molar-refractivity contribution < 1.29 is 9.59 Å². The number of hydrogen-bond donors (Lipinski definition) is 3. The summed E-state index contributed by atoms with van der Waals surface area (Å²) in [4.78, 5) is 24.3. The lowest BCUT2D eigenvalue weighted by Crippen LogP contribution is -2.27. The zero-order valence-electron chi connectivity index (χ0n) is 10.5. The van der Waals surface area contributed by atoms with Crippen LogP contribution in [0, 0.1) is 6.92 Å². The van der Waals surface area contributed by atoms with E-state index >= 15 is 0 Å². The molecule has 1 aromatic rings. The van der Waals surface area contributed by atoms with E-state index in [0.717, 1.165) is 12.8 Å². The minimum absolute atomic E-state index is 0.167. The molecule has 0 aromatic carbocycles. The fraction of sp³-hybridized carbons (Fsp3) is 0.500. The summed E-state index contributed by atoms with van der Waals surface area (Å²) in [6.07, 6.45) is 2.05. The van der Waals surface area contributed by atoms with Gasteiger partial charge < -0.3 is 16.4 Å². The molecular weight excluding hydrogens is 250 g/mol. The van der Waals surface area contributed by atoms with E-state index in [4.69, 9.17) is 5.73 Å². The van der Waals surface area contributed by atoms with Gasteiger partial charge in [-0.05, 0) is 32.3 Å². The summed E-state index contributed by atoms with van der Waals surface area (Å²) in [7, 11) is 0. The number of hydrogen-bond acceptors (Lipinski definition) is 4. The van der Waals surface area contributed by atoms with Gasteiger partial charge in [0.1, 0.15) is 0 Å². The van der Waals surface area contributed by atoms with Crippen molar-refractivity contribution in [1.29, 1.82) is 0 Å². The van der Waals surface area contributed by atoms with Crippen LogP contribution in [0.25, 0.3) is 0 Å². The number of thiophene rings is 1. The second-order valence-electron chi connectivity index (χ2n) is 4.40. The highest BCUT2D eigenvalue weighted by molar-refractivity contribution is 7.18. The lowest BCUT2D eigenvalue weighted by atomic mass is 10.1. The summed E-state index contributed by atoms with van der Waals surface area (Å²) >= 11 is 1.17. The summed E-state index contributed by atoms with van der Waals surface area (Å²) in [5.41, 5.74) is 6.97. The Kier molecular flexibility index (Phi) is 3.56. The quantitative estimate of drug-likeness (QED) is 0.768. The van der Waals surface area contributed by atoms with E-state index in [2.05, 4.69) is 10.6 Å². The minimum atomic E-state index is -0.169. The molecule has 0 spiro atoms. The minimum Gasteiger partial charge on any atom is -0.390 e. The fourth-order valence-corrected chi connectivity index (χ4v) is 2.75. The molecule has 1 heterocycles. The molecule has 5 nitrogen and oxygen atoms in total. The van der Waals surface area contributed by atoms with Gasteiger partial charge in [0.25, 0.3) is 11.8 Å². The van der Waals surface area contributed by atoms with Crippen LogP contribution in [0.4, 0.5) is 5.00 Å². The van der Waals surface area contributed by atoms with Gasteiger partial charge in [0, 0.05) is 12.6 Å². The number of nitrogen functional groups attached to an aromatic ring is 1. The van der Waals surface area contributed by atoms with Gasteiger partial charge in [-0.25, -0.2) is 0 Å². The highest BCUT2D eigenvalue weighted by Crippen LogP contribution is 2.31. The molecule has 0 saturated heterocycles. The zero-order valence-corrected chi connectivity index (χ0v) is 11.3. The molecule has 18 heavy (non-hydrogen) atoms. The van der Waals surface area contributed by atoms with Gasteiger partial charge in [-0.3, -0.25) is 9.59 Å². The van der Waals surface area contributed by atoms with E-state index in [-0.39, 0.29) is 17.9 Å². The predicted octanol–water partition coefficient (Wildman–Crippen LogP) is 1.28. The molecule has 1 aromatic heterocycles. The smallest absolute Gasteiger partial charge is 0.261 e. The lowest BCUT2D eigenvalue weighted by molar-refractivity contribution is 0.0951. The first kappa shape index (κ1) is 12.9. The van der Waals surface area contributed by atoms with E-state index in [1.165, 1.54) is 11.3 Å². The second kappa shape index (κ2) is 4.97.